The van der Waals surface area contributed by atoms with Gasteiger partial charge in [0.25, 0.3) is 0 Å². The number of ether oxygens (including phenoxy) is 1. The summed E-state index contributed by atoms with van der Waals surface area (Å²) in [5, 5.41) is 1.61. The summed E-state index contributed by atoms with van der Waals surface area (Å²) in [5.74, 6) is 0.763. The lowest BCUT2D eigenvalue weighted by atomic mass is 9.98. The van der Waals surface area contributed by atoms with Crippen LogP contribution in [0, 0.1) is 0 Å². The lowest BCUT2D eigenvalue weighted by Gasteiger charge is -2.06. The summed E-state index contributed by atoms with van der Waals surface area (Å²) >= 11 is 0. The molecule has 4 heteroatoms. The van der Waals surface area contributed by atoms with Crippen molar-refractivity contribution in [3.05, 3.63) is 125 Å². The van der Waals surface area contributed by atoms with Crippen LogP contribution in [0.15, 0.2) is 117 Å². The first-order chi connectivity index (χ1) is 17.7. The van der Waals surface area contributed by atoms with Crippen LogP contribution < -0.4 is 10.4 Å². The van der Waals surface area contributed by atoms with E-state index in [0.717, 1.165) is 49.9 Å². The fourth-order valence-corrected chi connectivity index (χ4v) is 4.57. The van der Waals surface area contributed by atoms with Crippen LogP contribution in [0.3, 0.4) is 0 Å². The van der Waals surface area contributed by atoms with Crippen molar-refractivity contribution >= 4 is 34.1 Å². The molecule has 0 bridgehead atoms. The van der Waals surface area contributed by atoms with E-state index < -0.39 is 5.63 Å². The van der Waals surface area contributed by atoms with Gasteiger partial charge >= 0.3 is 5.63 Å². The highest BCUT2D eigenvalue weighted by molar-refractivity contribution is 6.12. The monoisotopic (exact) mass is 470 g/mol. The second kappa shape index (κ2) is 9.08. The molecule has 2 heterocycles. The summed E-state index contributed by atoms with van der Waals surface area (Å²) in [6.07, 6.45) is 5.58. The van der Waals surface area contributed by atoms with E-state index in [1.165, 1.54) is 6.07 Å². The molecule has 0 fully saturated rings. The maximum Gasteiger partial charge on any atom is 0.336 e. The molecule has 0 saturated heterocycles. The Morgan fingerprint density at radius 3 is 2.22 bits per heavy atom. The largest absolute Gasteiger partial charge is 0.496 e. The van der Waals surface area contributed by atoms with Crippen LogP contribution in [-0.2, 0) is 0 Å². The van der Waals surface area contributed by atoms with Crippen molar-refractivity contribution in [3.63, 3.8) is 0 Å². The zero-order valence-electron chi connectivity index (χ0n) is 19.6. The summed E-state index contributed by atoms with van der Waals surface area (Å²) in [6, 6.07) is 31.6. The van der Waals surface area contributed by atoms with Crippen LogP contribution in [0.2, 0.25) is 0 Å². The third-order valence-corrected chi connectivity index (χ3v) is 6.36. The second-order valence-electron chi connectivity index (χ2n) is 8.50. The molecule has 0 aliphatic carbocycles. The topological polar surface area (TPSA) is 52.6 Å². The molecule has 36 heavy (non-hydrogen) atoms. The highest BCUT2D eigenvalue weighted by Crippen LogP contribution is 2.37. The van der Waals surface area contributed by atoms with Gasteiger partial charge in [0, 0.05) is 22.6 Å². The van der Waals surface area contributed by atoms with Crippen LogP contribution in [0.4, 0.5) is 0 Å². The summed E-state index contributed by atoms with van der Waals surface area (Å²) in [4.78, 5) is 12.6. The van der Waals surface area contributed by atoms with Crippen molar-refractivity contribution in [2.24, 2.45) is 0 Å². The van der Waals surface area contributed by atoms with Crippen molar-refractivity contribution in [2.45, 2.75) is 0 Å². The Hall–Kier alpha value is -4.83. The van der Waals surface area contributed by atoms with Crippen LogP contribution in [-0.4, -0.2) is 7.11 Å². The van der Waals surface area contributed by atoms with E-state index in [9.17, 15) is 4.79 Å². The van der Waals surface area contributed by atoms with Gasteiger partial charge in [-0.3, -0.25) is 0 Å². The first-order valence-corrected chi connectivity index (χ1v) is 11.7. The van der Waals surface area contributed by atoms with Gasteiger partial charge in [-0.1, -0.05) is 84.9 Å². The zero-order chi connectivity index (χ0) is 24.5. The Morgan fingerprint density at radius 2 is 1.42 bits per heavy atom. The quantitative estimate of drug-likeness (QED) is 0.239. The number of hydrogen-bond donors (Lipinski definition) is 0. The summed E-state index contributed by atoms with van der Waals surface area (Å²) in [5.41, 5.74) is 6.60. The average molecular weight is 471 g/mol. The third kappa shape index (κ3) is 3.89. The van der Waals surface area contributed by atoms with Crippen molar-refractivity contribution in [1.29, 1.82) is 0 Å². The SMILES string of the molecule is COc1ccccc1/C=C/c1cc(=O)oc2c1ccc1occ(-c3ccc(-c4ccccc4)cc3)c12. The van der Waals surface area contributed by atoms with Gasteiger partial charge in [0.05, 0.1) is 18.8 Å². The Kier molecular flexibility index (Phi) is 5.47. The minimum absolute atomic E-state index is 0.416. The minimum Gasteiger partial charge on any atom is -0.496 e. The second-order valence-corrected chi connectivity index (χ2v) is 8.50. The highest BCUT2D eigenvalue weighted by Gasteiger charge is 2.16. The molecule has 0 unspecified atom stereocenters. The normalized spacial score (nSPS) is 11.5. The fraction of sp³-hybridized carbons (Fsp3) is 0.0312. The molecule has 0 amide bonds. The van der Waals surface area contributed by atoms with Crippen LogP contribution in [0.5, 0.6) is 5.75 Å². The fourth-order valence-electron chi connectivity index (χ4n) is 4.57. The number of para-hydroxylation sites is 1. The Labute approximate surface area is 207 Å². The van der Waals surface area contributed by atoms with Crippen LogP contribution in [0.25, 0.3) is 56.3 Å². The molecule has 6 rings (SSSR count). The van der Waals surface area contributed by atoms with Crippen molar-refractivity contribution in [1.82, 2.24) is 0 Å². The van der Waals surface area contributed by atoms with E-state index >= 15 is 0 Å². The maximum absolute atomic E-state index is 12.6. The predicted molar refractivity (Wildman–Crippen MR) is 145 cm³/mol. The van der Waals surface area contributed by atoms with E-state index in [1.807, 2.05) is 66.7 Å². The van der Waals surface area contributed by atoms with Gasteiger partial charge in [-0.15, -0.1) is 0 Å². The number of fused-ring (bicyclic) bond motifs is 3. The molecule has 4 nitrogen and oxygen atoms in total. The average Bonchev–Trinajstić information content (AvgIpc) is 3.37. The zero-order valence-corrected chi connectivity index (χ0v) is 19.6. The molecular weight excluding hydrogens is 448 g/mol. The minimum atomic E-state index is -0.416. The van der Waals surface area contributed by atoms with E-state index in [-0.39, 0.29) is 0 Å². The molecule has 6 aromatic rings. The van der Waals surface area contributed by atoms with Gasteiger partial charge < -0.3 is 13.6 Å². The molecule has 0 spiro atoms. The Bertz CT molecular complexity index is 1770. The number of rotatable bonds is 5. The number of hydrogen-bond acceptors (Lipinski definition) is 4. The van der Waals surface area contributed by atoms with Gasteiger partial charge in [0.1, 0.15) is 11.3 Å². The first kappa shape index (κ1) is 21.7. The lowest BCUT2D eigenvalue weighted by molar-refractivity contribution is 0.414. The summed E-state index contributed by atoms with van der Waals surface area (Å²) in [6.45, 7) is 0. The van der Waals surface area contributed by atoms with E-state index in [1.54, 1.807) is 13.4 Å². The molecule has 0 aliphatic rings. The van der Waals surface area contributed by atoms with E-state index in [0.29, 0.717) is 11.2 Å². The number of benzene rings is 4. The smallest absolute Gasteiger partial charge is 0.336 e. The molecule has 0 N–H and O–H groups in total. The first-order valence-electron chi connectivity index (χ1n) is 11.7. The molecule has 174 valence electrons. The molecule has 4 aromatic carbocycles. The van der Waals surface area contributed by atoms with Gasteiger partial charge in [0.2, 0.25) is 0 Å². The Morgan fingerprint density at radius 1 is 0.722 bits per heavy atom. The van der Waals surface area contributed by atoms with E-state index in [4.69, 9.17) is 13.6 Å². The Balaban J connectivity index is 1.48. The molecule has 0 radical (unpaired) electrons. The van der Waals surface area contributed by atoms with Gasteiger partial charge in [-0.2, -0.15) is 0 Å². The molecule has 0 aliphatic heterocycles. The van der Waals surface area contributed by atoms with Crippen molar-refractivity contribution in [2.75, 3.05) is 7.11 Å². The van der Waals surface area contributed by atoms with Gasteiger partial charge in [0.15, 0.2) is 5.58 Å². The van der Waals surface area contributed by atoms with Crippen LogP contribution >= 0.6 is 0 Å². The lowest BCUT2D eigenvalue weighted by Crippen LogP contribution is -1.98. The third-order valence-electron chi connectivity index (χ3n) is 6.36. The number of furan rings is 1. The summed E-state index contributed by atoms with van der Waals surface area (Å²) in [7, 11) is 1.64. The van der Waals surface area contributed by atoms with E-state index in [2.05, 4.69) is 36.4 Å². The number of methoxy groups -OCH3 is 1. The maximum atomic E-state index is 12.6. The highest BCUT2D eigenvalue weighted by atomic mass is 16.5. The molecular formula is C32H22O4. The van der Waals surface area contributed by atoms with Crippen molar-refractivity contribution < 1.29 is 13.6 Å². The summed E-state index contributed by atoms with van der Waals surface area (Å²) < 4.78 is 17.1. The van der Waals surface area contributed by atoms with Gasteiger partial charge in [-0.25, -0.2) is 4.79 Å². The van der Waals surface area contributed by atoms with Crippen molar-refractivity contribution in [3.8, 4) is 28.0 Å². The predicted octanol–water partition coefficient (Wildman–Crippen LogP) is 8.05. The standard InChI is InChI=1S/C32H22O4/c1-34-28-10-6-5-9-24(28)15-16-25-19-30(33)36-32-26(25)17-18-29-31(32)27(20-35-29)23-13-11-22(12-14-23)21-7-3-2-4-8-21/h2-20H,1H3/b16-15+. The van der Waals surface area contributed by atoms with Gasteiger partial charge in [-0.05, 0) is 40.5 Å². The molecule has 2 aromatic heterocycles. The van der Waals surface area contributed by atoms with Crippen LogP contribution in [0.1, 0.15) is 11.1 Å². The molecule has 0 saturated carbocycles. The molecule has 0 atom stereocenters.